The number of carbonyl (C=O) groups is 1. The smallest absolute Gasteiger partial charge is 0.270 e. The van der Waals surface area contributed by atoms with Gasteiger partial charge in [-0.25, -0.2) is 0 Å². The van der Waals surface area contributed by atoms with E-state index in [4.69, 9.17) is 9.47 Å². The van der Waals surface area contributed by atoms with E-state index in [-0.39, 0.29) is 16.8 Å². The minimum Gasteiger partial charge on any atom is -0.490 e. The molecule has 0 aliphatic heterocycles. The average Bonchev–Trinajstić information content (AvgIpc) is 2.82. The van der Waals surface area contributed by atoms with E-state index in [1.807, 2.05) is 13.0 Å². The Morgan fingerprint density at radius 1 is 1.03 bits per heavy atom. The Morgan fingerprint density at radius 2 is 1.74 bits per heavy atom. The zero-order valence-electron chi connectivity index (χ0n) is 20.1. The molecule has 0 bridgehead atoms. The van der Waals surface area contributed by atoms with Crippen LogP contribution in [0.1, 0.15) is 45.1 Å². The van der Waals surface area contributed by atoms with E-state index < -0.39 is 10.7 Å². The van der Waals surface area contributed by atoms with Crippen LogP contribution in [0.15, 0.2) is 60.2 Å². The predicted molar refractivity (Wildman–Crippen MR) is 134 cm³/mol. The van der Waals surface area contributed by atoms with E-state index in [1.54, 1.807) is 18.2 Å². The standard InChI is InChI=1S/C28H26N2O5/c1-5-34-27-14-21(9-10-26(27)35-17-25-19(3)11-18(2)12-20(25)4)13-23(16-29)28(31)22-7-6-8-24(15-22)30(32)33/h6-15H,5,17H2,1-4H3/b23-13+. The molecule has 0 amide bonds. The topological polar surface area (TPSA) is 102 Å². The molecule has 0 N–H and O–H groups in total. The highest BCUT2D eigenvalue weighted by atomic mass is 16.6. The quantitative estimate of drug-likeness (QED) is 0.120. The van der Waals surface area contributed by atoms with Gasteiger partial charge in [0.1, 0.15) is 18.2 Å². The molecule has 3 aromatic rings. The van der Waals surface area contributed by atoms with Crippen LogP contribution in [-0.2, 0) is 6.61 Å². The highest BCUT2D eigenvalue weighted by Gasteiger charge is 2.16. The Kier molecular flexibility index (Phi) is 8.00. The zero-order chi connectivity index (χ0) is 25.5. The summed E-state index contributed by atoms with van der Waals surface area (Å²) >= 11 is 0. The molecule has 7 heteroatoms. The Balaban J connectivity index is 1.88. The van der Waals surface area contributed by atoms with Crippen LogP contribution in [0.3, 0.4) is 0 Å². The first-order valence-corrected chi connectivity index (χ1v) is 11.1. The highest BCUT2D eigenvalue weighted by molar-refractivity contribution is 6.14. The summed E-state index contributed by atoms with van der Waals surface area (Å²) in [5, 5.41) is 20.6. The number of Topliss-reactive ketones (excluding diaryl/α,β-unsaturated/α-hetero) is 1. The molecule has 0 aliphatic carbocycles. The molecule has 178 valence electrons. The van der Waals surface area contributed by atoms with Crippen molar-refractivity contribution < 1.29 is 19.2 Å². The number of nitrogens with zero attached hydrogens (tertiary/aromatic N) is 2. The number of non-ortho nitro benzene ring substituents is 1. The molecule has 0 atom stereocenters. The molecule has 0 aromatic heterocycles. The number of carbonyl (C=O) groups excluding carboxylic acids is 1. The summed E-state index contributed by atoms with van der Waals surface area (Å²) in [7, 11) is 0. The number of nitro benzene ring substituents is 1. The van der Waals surface area contributed by atoms with Gasteiger partial charge in [0, 0.05) is 17.7 Å². The van der Waals surface area contributed by atoms with Crippen molar-refractivity contribution in [3.63, 3.8) is 0 Å². The number of nitriles is 1. The van der Waals surface area contributed by atoms with Crippen LogP contribution in [0, 0.1) is 42.2 Å². The fourth-order valence-corrected chi connectivity index (χ4v) is 3.82. The summed E-state index contributed by atoms with van der Waals surface area (Å²) in [6.45, 7) is 8.80. The SMILES string of the molecule is CCOc1cc(/C=C(\C#N)C(=O)c2cccc([N+](=O)[O-])c2)ccc1OCc1c(C)cc(C)cc1C. The molecule has 0 heterocycles. The Hall–Kier alpha value is -4.44. The van der Waals surface area contributed by atoms with Crippen molar-refractivity contribution in [1.29, 1.82) is 5.26 Å². The lowest BCUT2D eigenvalue weighted by atomic mass is 10.0. The summed E-state index contributed by atoms with van der Waals surface area (Å²) in [5.74, 6) is 0.440. The molecule has 3 rings (SSSR count). The summed E-state index contributed by atoms with van der Waals surface area (Å²) < 4.78 is 11.8. The molecule has 7 nitrogen and oxygen atoms in total. The molecule has 35 heavy (non-hydrogen) atoms. The molecule has 0 spiro atoms. The molecule has 0 saturated carbocycles. The van der Waals surface area contributed by atoms with Crippen molar-refractivity contribution in [2.45, 2.75) is 34.3 Å². The molecule has 0 saturated heterocycles. The lowest BCUT2D eigenvalue weighted by molar-refractivity contribution is -0.384. The van der Waals surface area contributed by atoms with E-state index in [2.05, 4.69) is 32.9 Å². The highest BCUT2D eigenvalue weighted by Crippen LogP contribution is 2.31. The number of ether oxygens (including phenoxy) is 2. The van der Waals surface area contributed by atoms with Gasteiger partial charge in [-0.15, -0.1) is 0 Å². The second kappa shape index (κ2) is 11.1. The fraction of sp³-hybridized carbons (Fsp3) is 0.214. The van der Waals surface area contributed by atoms with Gasteiger partial charge < -0.3 is 9.47 Å². The van der Waals surface area contributed by atoms with Gasteiger partial charge in [0.15, 0.2) is 11.5 Å². The Morgan fingerprint density at radius 3 is 2.37 bits per heavy atom. The van der Waals surface area contributed by atoms with Gasteiger partial charge in [0.25, 0.3) is 5.69 Å². The largest absolute Gasteiger partial charge is 0.490 e. The minimum absolute atomic E-state index is 0.0702. The van der Waals surface area contributed by atoms with Gasteiger partial charge in [-0.3, -0.25) is 14.9 Å². The van der Waals surface area contributed by atoms with E-state index in [9.17, 15) is 20.2 Å². The van der Waals surface area contributed by atoms with Crippen molar-refractivity contribution in [3.05, 3.63) is 104 Å². The van der Waals surface area contributed by atoms with Crippen molar-refractivity contribution in [2.75, 3.05) is 6.61 Å². The van der Waals surface area contributed by atoms with Gasteiger partial charge in [0.05, 0.1) is 11.5 Å². The van der Waals surface area contributed by atoms with Crippen molar-refractivity contribution in [1.82, 2.24) is 0 Å². The first-order valence-electron chi connectivity index (χ1n) is 11.1. The first kappa shape index (κ1) is 25.2. The van der Waals surface area contributed by atoms with Crippen LogP contribution in [0.4, 0.5) is 5.69 Å². The van der Waals surface area contributed by atoms with E-state index in [0.29, 0.717) is 30.3 Å². The number of hydrogen-bond donors (Lipinski definition) is 0. The number of rotatable bonds is 9. The van der Waals surface area contributed by atoms with Gasteiger partial charge in [-0.1, -0.05) is 35.9 Å². The summed E-state index contributed by atoms with van der Waals surface area (Å²) in [4.78, 5) is 23.2. The van der Waals surface area contributed by atoms with Gasteiger partial charge >= 0.3 is 0 Å². The van der Waals surface area contributed by atoms with Gasteiger partial charge in [0.2, 0.25) is 5.78 Å². The lowest BCUT2D eigenvalue weighted by Gasteiger charge is -2.16. The normalized spacial score (nSPS) is 11.0. The predicted octanol–water partition coefficient (Wildman–Crippen LogP) is 6.29. The minimum atomic E-state index is -0.597. The first-order chi connectivity index (χ1) is 16.7. The maximum atomic E-state index is 12.8. The molecule has 0 aliphatic rings. The lowest BCUT2D eigenvalue weighted by Crippen LogP contribution is -2.04. The summed E-state index contributed by atoms with van der Waals surface area (Å²) in [5.41, 5.74) is 4.88. The van der Waals surface area contributed by atoms with E-state index in [1.165, 1.54) is 29.8 Å². The number of benzene rings is 3. The van der Waals surface area contributed by atoms with Crippen molar-refractivity contribution in [2.24, 2.45) is 0 Å². The monoisotopic (exact) mass is 470 g/mol. The van der Waals surface area contributed by atoms with Gasteiger partial charge in [-0.2, -0.15) is 5.26 Å². The molecule has 0 fully saturated rings. The van der Waals surface area contributed by atoms with Crippen LogP contribution < -0.4 is 9.47 Å². The number of allylic oxidation sites excluding steroid dienone is 1. The summed E-state index contributed by atoms with van der Waals surface area (Å²) in [6.07, 6.45) is 1.43. The van der Waals surface area contributed by atoms with Crippen molar-refractivity contribution >= 4 is 17.5 Å². The Labute approximate surface area is 204 Å². The van der Waals surface area contributed by atoms with E-state index in [0.717, 1.165) is 22.8 Å². The summed E-state index contributed by atoms with van der Waals surface area (Å²) in [6, 6.07) is 16.6. The molecular weight excluding hydrogens is 444 g/mol. The van der Waals surface area contributed by atoms with Gasteiger partial charge in [-0.05, 0) is 68.2 Å². The van der Waals surface area contributed by atoms with Crippen LogP contribution in [-0.4, -0.2) is 17.3 Å². The molecule has 0 unspecified atom stereocenters. The maximum absolute atomic E-state index is 12.8. The maximum Gasteiger partial charge on any atom is 0.270 e. The number of aryl methyl sites for hydroxylation is 3. The number of nitro groups is 1. The zero-order valence-corrected chi connectivity index (χ0v) is 20.1. The van der Waals surface area contributed by atoms with Crippen molar-refractivity contribution in [3.8, 4) is 17.6 Å². The number of hydrogen-bond acceptors (Lipinski definition) is 6. The third kappa shape index (κ3) is 6.12. The van der Waals surface area contributed by atoms with Crippen LogP contribution in [0.25, 0.3) is 6.08 Å². The third-order valence-corrected chi connectivity index (χ3v) is 5.48. The van der Waals surface area contributed by atoms with Crippen LogP contribution in [0.2, 0.25) is 0 Å². The Bertz CT molecular complexity index is 1330. The molecule has 0 radical (unpaired) electrons. The molecule has 3 aromatic carbocycles. The third-order valence-electron chi connectivity index (χ3n) is 5.48. The van der Waals surface area contributed by atoms with E-state index >= 15 is 0 Å². The number of ketones is 1. The average molecular weight is 471 g/mol. The second-order valence-electron chi connectivity index (χ2n) is 8.11. The molecular formula is C28H26N2O5. The van der Waals surface area contributed by atoms with Crippen LogP contribution in [0.5, 0.6) is 11.5 Å². The van der Waals surface area contributed by atoms with Crippen LogP contribution >= 0.6 is 0 Å². The fourth-order valence-electron chi connectivity index (χ4n) is 3.82. The second-order valence-corrected chi connectivity index (χ2v) is 8.11.